The number of hydrogen-bond donors (Lipinski definition) is 0. The lowest BCUT2D eigenvalue weighted by Gasteiger charge is -2.35. The fraction of sp³-hybridized carbons (Fsp3) is 0.167. The van der Waals surface area contributed by atoms with Gasteiger partial charge in [0.1, 0.15) is 0 Å². The summed E-state index contributed by atoms with van der Waals surface area (Å²) < 4.78 is 22.1. The molecule has 0 bridgehead atoms. The quantitative estimate of drug-likeness (QED) is 0.450. The molecule has 1 aliphatic rings. The first-order chi connectivity index (χ1) is 14.7. The Balaban J connectivity index is 1.88. The summed E-state index contributed by atoms with van der Waals surface area (Å²) in [4.78, 5) is 16.9. The fourth-order valence-electron chi connectivity index (χ4n) is 3.86. The number of carbonyl (C=O) groups excluding carboxylic acids is 1. The van der Waals surface area contributed by atoms with Gasteiger partial charge in [-0.1, -0.05) is 42.5 Å². The zero-order chi connectivity index (χ0) is 21.0. The van der Waals surface area contributed by atoms with E-state index in [2.05, 4.69) is 4.98 Å². The van der Waals surface area contributed by atoms with Crippen molar-refractivity contribution in [3.05, 3.63) is 102 Å². The average molecular weight is 418 g/mol. The zero-order valence-corrected chi connectivity index (χ0v) is 17.6. The van der Waals surface area contributed by atoms with Crippen molar-refractivity contribution in [2.45, 2.75) is 13.0 Å². The molecule has 0 aliphatic carbocycles. The molecule has 0 radical (unpaired) electrons. The van der Waals surface area contributed by atoms with Gasteiger partial charge in [-0.2, -0.15) is 0 Å². The molecule has 0 saturated heterocycles. The monoisotopic (exact) mass is 418 g/mol. The summed E-state index contributed by atoms with van der Waals surface area (Å²) in [5.41, 5.74) is 1.36. The molecular formula is C24H23N2O3P. The second kappa shape index (κ2) is 8.78. The Morgan fingerprint density at radius 2 is 1.57 bits per heavy atom. The molecule has 3 aromatic rings. The van der Waals surface area contributed by atoms with Crippen LogP contribution in [0.2, 0.25) is 0 Å². The van der Waals surface area contributed by atoms with Crippen molar-refractivity contribution >= 4 is 23.9 Å². The van der Waals surface area contributed by atoms with E-state index in [0.717, 1.165) is 16.2 Å². The van der Waals surface area contributed by atoms with Crippen LogP contribution < -0.4 is 10.6 Å². The number of carbonyl (C=O) groups is 1. The minimum absolute atomic E-state index is 0.286. The smallest absolute Gasteiger partial charge is 0.335 e. The molecule has 1 unspecified atom stereocenters. The van der Waals surface area contributed by atoms with Gasteiger partial charge in [0.25, 0.3) is 0 Å². The van der Waals surface area contributed by atoms with Crippen LogP contribution in [0.25, 0.3) is 0 Å². The molecule has 1 aromatic heterocycles. The van der Waals surface area contributed by atoms with Crippen molar-refractivity contribution in [2.75, 3.05) is 13.2 Å². The SMILES string of the molecule is CCOC(=O)C1=CCN(P(=O)(c2ccccc2)c2ccccc2)C1c1ccncc1. The zero-order valence-electron chi connectivity index (χ0n) is 16.7. The van der Waals surface area contributed by atoms with E-state index in [9.17, 15) is 9.36 Å². The van der Waals surface area contributed by atoms with E-state index < -0.39 is 13.3 Å². The van der Waals surface area contributed by atoms with Gasteiger partial charge in [-0.3, -0.25) is 9.55 Å². The van der Waals surface area contributed by atoms with Crippen molar-refractivity contribution < 1.29 is 14.1 Å². The van der Waals surface area contributed by atoms with Gasteiger partial charge in [0, 0.05) is 29.5 Å². The molecule has 4 rings (SSSR count). The van der Waals surface area contributed by atoms with Gasteiger partial charge in [0.2, 0.25) is 7.29 Å². The van der Waals surface area contributed by atoms with Gasteiger partial charge in [0.15, 0.2) is 0 Å². The molecule has 2 heterocycles. The maximum absolute atomic E-state index is 14.9. The summed E-state index contributed by atoms with van der Waals surface area (Å²) in [6, 6.07) is 22.2. The van der Waals surface area contributed by atoms with Gasteiger partial charge in [-0.25, -0.2) is 9.46 Å². The van der Waals surface area contributed by atoms with E-state index in [1.54, 1.807) is 19.3 Å². The Bertz CT molecular complexity index is 1040. The molecule has 2 aromatic carbocycles. The van der Waals surface area contributed by atoms with E-state index in [1.165, 1.54) is 0 Å². The lowest BCUT2D eigenvalue weighted by atomic mass is 10.0. The molecular weight excluding hydrogens is 395 g/mol. The van der Waals surface area contributed by atoms with Crippen LogP contribution >= 0.6 is 7.29 Å². The molecule has 0 N–H and O–H groups in total. The van der Waals surface area contributed by atoms with Crippen LogP contribution in [0.3, 0.4) is 0 Å². The predicted molar refractivity (Wildman–Crippen MR) is 118 cm³/mol. The number of nitrogens with zero attached hydrogens (tertiary/aromatic N) is 2. The molecule has 30 heavy (non-hydrogen) atoms. The van der Waals surface area contributed by atoms with Gasteiger partial charge < -0.3 is 4.74 Å². The summed E-state index contributed by atoms with van der Waals surface area (Å²) in [6.45, 7) is 2.45. The molecule has 1 atom stereocenters. The lowest BCUT2D eigenvalue weighted by molar-refractivity contribution is -0.138. The lowest BCUT2D eigenvalue weighted by Crippen LogP contribution is -2.34. The largest absolute Gasteiger partial charge is 0.463 e. The van der Waals surface area contributed by atoms with Crippen LogP contribution in [-0.4, -0.2) is 28.8 Å². The minimum atomic E-state index is -3.24. The maximum Gasteiger partial charge on any atom is 0.335 e. The second-order valence-electron chi connectivity index (χ2n) is 6.93. The molecule has 6 heteroatoms. The third-order valence-corrected chi connectivity index (χ3v) is 8.31. The van der Waals surface area contributed by atoms with Crippen LogP contribution in [0.5, 0.6) is 0 Å². The Labute approximate surface area is 176 Å². The van der Waals surface area contributed by atoms with E-state index in [0.29, 0.717) is 12.1 Å². The van der Waals surface area contributed by atoms with E-state index >= 15 is 0 Å². The van der Waals surface area contributed by atoms with Crippen LogP contribution in [0.15, 0.2) is 96.8 Å². The summed E-state index contributed by atoms with van der Waals surface area (Å²) in [7, 11) is -3.24. The molecule has 0 fully saturated rings. The van der Waals surface area contributed by atoms with Crippen LogP contribution in [-0.2, 0) is 14.1 Å². The molecule has 5 nitrogen and oxygen atoms in total. The number of benzene rings is 2. The van der Waals surface area contributed by atoms with Crippen LogP contribution in [0.1, 0.15) is 18.5 Å². The van der Waals surface area contributed by atoms with E-state index in [-0.39, 0.29) is 12.6 Å². The van der Waals surface area contributed by atoms with Crippen molar-refractivity contribution in [3.63, 3.8) is 0 Å². The Hall–Kier alpha value is -3.01. The fourth-order valence-corrected chi connectivity index (χ4v) is 6.80. The number of pyridine rings is 1. The standard InChI is InChI=1S/C24H23N2O3P/c1-2-29-24(27)22-15-18-26(23(22)19-13-16-25-17-14-19)30(28,20-9-5-3-6-10-20)21-11-7-4-8-12-21/h3-17,23H,2,18H2,1H3. The first-order valence-corrected chi connectivity index (χ1v) is 11.6. The van der Waals surface area contributed by atoms with Crippen LogP contribution in [0.4, 0.5) is 0 Å². The highest BCUT2D eigenvalue weighted by Crippen LogP contribution is 2.55. The van der Waals surface area contributed by atoms with E-state index in [4.69, 9.17) is 4.74 Å². The first-order valence-electron chi connectivity index (χ1n) is 9.91. The molecule has 1 aliphatic heterocycles. The summed E-state index contributed by atoms with van der Waals surface area (Å²) in [5, 5.41) is 1.46. The highest BCUT2D eigenvalue weighted by Gasteiger charge is 2.45. The number of hydrogen-bond acceptors (Lipinski definition) is 4. The van der Waals surface area contributed by atoms with Gasteiger partial charge in [0.05, 0.1) is 18.2 Å². The molecule has 0 saturated carbocycles. The van der Waals surface area contributed by atoms with Gasteiger partial charge >= 0.3 is 5.97 Å². The molecule has 0 amide bonds. The van der Waals surface area contributed by atoms with Crippen molar-refractivity contribution in [1.82, 2.24) is 9.65 Å². The maximum atomic E-state index is 14.9. The third-order valence-electron chi connectivity index (χ3n) is 5.20. The summed E-state index contributed by atoms with van der Waals surface area (Å²) >= 11 is 0. The number of rotatable bonds is 6. The number of esters is 1. The highest BCUT2D eigenvalue weighted by atomic mass is 31.2. The molecule has 0 spiro atoms. The Morgan fingerprint density at radius 1 is 1.00 bits per heavy atom. The number of aromatic nitrogens is 1. The van der Waals surface area contributed by atoms with Crippen LogP contribution in [0, 0.1) is 0 Å². The first kappa shape index (κ1) is 20.3. The third kappa shape index (κ3) is 3.62. The van der Waals surface area contributed by atoms with Gasteiger partial charge in [-0.05, 0) is 48.9 Å². The Morgan fingerprint density at radius 3 is 2.10 bits per heavy atom. The van der Waals surface area contributed by atoms with E-state index in [1.807, 2.05) is 83.5 Å². The van der Waals surface area contributed by atoms with Crippen molar-refractivity contribution in [1.29, 1.82) is 0 Å². The minimum Gasteiger partial charge on any atom is -0.463 e. The highest BCUT2D eigenvalue weighted by molar-refractivity contribution is 7.76. The Kier molecular flexibility index (Phi) is 5.93. The summed E-state index contributed by atoms with van der Waals surface area (Å²) in [5.74, 6) is -0.380. The van der Waals surface area contributed by atoms with Gasteiger partial charge in [-0.15, -0.1) is 0 Å². The normalized spacial score (nSPS) is 16.8. The molecule has 152 valence electrons. The second-order valence-corrected chi connectivity index (χ2v) is 9.63. The topological polar surface area (TPSA) is 59.5 Å². The average Bonchev–Trinajstić information content (AvgIpc) is 3.26. The number of ether oxygens (including phenoxy) is 1. The predicted octanol–water partition coefficient (Wildman–Crippen LogP) is 3.86. The summed E-state index contributed by atoms with van der Waals surface area (Å²) in [6.07, 6.45) is 5.21. The van der Waals surface area contributed by atoms with Crippen molar-refractivity contribution in [2.24, 2.45) is 0 Å². The van der Waals surface area contributed by atoms with Crippen molar-refractivity contribution in [3.8, 4) is 0 Å².